The number of benzene rings is 3. The second kappa shape index (κ2) is 10.9. The molecule has 1 aliphatic rings. The van der Waals surface area contributed by atoms with Crippen molar-refractivity contribution in [1.82, 2.24) is 0 Å². The Hall–Kier alpha value is -4.08. The van der Waals surface area contributed by atoms with Gasteiger partial charge < -0.3 is 19.7 Å². The van der Waals surface area contributed by atoms with Gasteiger partial charge in [0.1, 0.15) is 13.2 Å². The maximum atomic E-state index is 13.2. The second-order valence-electron chi connectivity index (χ2n) is 9.18. The number of carbonyl (C=O) groups is 2. The lowest BCUT2D eigenvalue weighted by Gasteiger charge is -2.44. The molecule has 0 bridgehead atoms. The first-order valence-corrected chi connectivity index (χ1v) is 11.8. The van der Waals surface area contributed by atoms with E-state index in [-0.39, 0.29) is 13.2 Å². The van der Waals surface area contributed by atoms with Crippen molar-refractivity contribution >= 4 is 11.9 Å². The molecule has 1 saturated carbocycles. The molecule has 9 heteroatoms. The third kappa shape index (κ3) is 5.52. The molecule has 0 saturated heterocycles. The Labute approximate surface area is 213 Å². The number of aliphatic hydroxyl groups is 2. The second-order valence-corrected chi connectivity index (χ2v) is 9.18. The fourth-order valence-electron chi connectivity index (χ4n) is 4.84. The molecule has 0 aliphatic heterocycles. The average Bonchev–Trinajstić information content (AvgIpc) is 2.91. The Morgan fingerprint density at radius 2 is 1.14 bits per heavy atom. The Bertz CT molecular complexity index is 1170. The molecule has 9 nitrogen and oxygen atoms in total. The summed E-state index contributed by atoms with van der Waals surface area (Å²) in [6.45, 7) is -0.501. The molecule has 1 fully saturated rings. The van der Waals surface area contributed by atoms with Gasteiger partial charge >= 0.3 is 11.9 Å². The van der Waals surface area contributed by atoms with Crippen LogP contribution in [0.2, 0.25) is 0 Å². The Kier molecular flexibility index (Phi) is 7.66. The Morgan fingerprint density at radius 1 is 0.757 bits per heavy atom. The standard InChI is InChI=1S/C28H27NO8/c30-25(36-18-20-10-4-1-5-11-20)27(32)16-23(22-14-8-3-9-15-22)17-28(33,24(27)29(34)35)26(31)37-19-21-12-6-2-7-13-21/h1-15,23-24,32-33H,16-19H2/t23-,24-,27-,28+. The minimum absolute atomic E-state index is 0.251. The minimum Gasteiger partial charge on any atom is -0.458 e. The van der Waals surface area contributed by atoms with E-state index in [0.29, 0.717) is 16.7 Å². The van der Waals surface area contributed by atoms with Crippen LogP contribution in [-0.4, -0.2) is 44.3 Å². The van der Waals surface area contributed by atoms with Gasteiger partial charge in [0.05, 0.1) is 0 Å². The molecule has 0 unspecified atom stereocenters. The number of nitrogens with zero attached hydrogens (tertiary/aromatic N) is 1. The van der Waals surface area contributed by atoms with Gasteiger partial charge in [-0.15, -0.1) is 0 Å². The molecule has 2 N–H and O–H groups in total. The lowest BCUT2D eigenvalue weighted by molar-refractivity contribution is -0.566. The predicted molar refractivity (Wildman–Crippen MR) is 132 cm³/mol. The van der Waals surface area contributed by atoms with Crippen molar-refractivity contribution < 1.29 is 34.2 Å². The minimum atomic E-state index is -2.81. The highest BCUT2D eigenvalue weighted by atomic mass is 16.6. The first-order valence-electron chi connectivity index (χ1n) is 11.8. The van der Waals surface area contributed by atoms with E-state index in [1.54, 1.807) is 91.0 Å². The molecule has 192 valence electrons. The molecule has 0 spiro atoms. The SMILES string of the molecule is O=C(OCc1ccccc1)[C@]1(O)C[C@H](c2ccccc2)C[C@](O)(C(=O)OCc2ccccc2)[C@H]1[N+](=O)[O-]. The zero-order valence-corrected chi connectivity index (χ0v) is 19.9. The van der Waals surface area contributed by atoms with Crippen LogP contribution >= 0.6 is 0 Å². The molecular formula is C28H27NO8. The van der Waals surface area contributed by atoms with E-state index < -0.39 is 52.9 Å². The summed E-state index contributed by atoms with van der Waals surface area (Å²) in [4.78, 5) is 37.7. The summed E-state index contributed by atoms with van der Waals surface area (Å²) in [6, 6.07) is 23.4. The lowest BCUT2D eigenvalue weighted by Crippen LogP contribution is -2.70. The van der Waals surface area contributed by atoms with Crippen LogP contribution in [0.25, 0.3) is 0 Å². The number of ether oxygens (including phenoxy) is 2. The summed E-state index contributed by atoms with van der Waals surface area (Å²) in [5.74, 6) is -3.37. The molecule has 1 aliphatic carbocycles. The highest BCUT2D eigenvalue weighted by Crippen LogP contribution is 2.46. The van der Waals surface area contributed by atoms with Gasteiger partial charge in [0, 0.05) is 17.8 Å². The maximum Gasteiger partial charge on any atom is 0.345 e. The first kappa shape index (κ1) is 26.0. The summed E-state index contributed by atoms with van der Waals surface area (Å²) >= 11 is 0. The number of carbonyl (C=O) groups excluding carboxylic acids is 2. The maximum absolute atomic E-state index is 13.2. The molecule has 3 aromatic rings. The van der Waals surface area contributed by atoms with Crippen LogP contribution in [0.3, 0.4) is 0 Å². The quantitative estimate of drug-likeness (QED) is 0.271. The molecule has 4 rings (SSSR count). The van der Waals surface area contributed by atoms with Gasteiger partial charge in [-0.25, -0.2) is 9.59 Å². The molecule has 4 atom stereocenters. The van der Waals surface area contributed by atoms with Gasteiger partial charge in [-0.1, -0.05) is 91.0 Å². The van der Waals surface area contributed by atoms with Crippen LogP contribution in [0.5, 0.6) is 0 Å². The molecule has 0 amide bonds. The monoisotopic (exact) mass is 505 g/mol. The third-order valence-electron chi connectivity index (χ3n) is 6.63. The van der Waals surface area contributed by atoms with Gasteiger partial charge in [-0.05, 0) is 22.6 Å². The predicted octanol–water partition coefficient (Wildman–Crippen LogP) is 3.16. The third-order valence-corrected chi connectivity index (χ3v) is 6.63. The van der Waals surface area contributed by atoms with Gasteiger partial charge in [0.15, 0.2) is 0 Å². The smallest absolute Gasteiger partial charge is 0.345 e. The lowest BCUT2D eigenvalue weighted by atomic mass is 9.64. The van der Waals surface area contributed by atoms with Crippen LogP contribution < -0.4 is 0 Å². The summed E-state index contributed by atoms with van der Waals surface area (Å²) in [5.41, 5.74) is -3.82. The van der Waals surface area contributed by atoms with Crippen LogP contribution in [0.4, 0.5) is 0 Å². The summed E-state index contributed by atoms with van der Waals surface area (Å²) in [5, 5.41) is 35.4. The van der Waals surface area contributed by atoms with E-state index in [1.165, 1.54) is 0 Å². The van der Waals surface area contributed by atoms with Crippen molar-refractivity contribution in [2.75, 3.05) is 0 Å². The largest absolute Gasteiger partial charge is 0.458 e. The topological polar surface area (TPSA) is 136 Å². The first-order chi connectivity index (χ1) is 17.7. The van der Waals surface area contributed by atoms with Crippen molar-refractivity contribution in [3.8, 4) is 0 Å². The Morgan fingerprint density at radius 3 is 1.51 bits per heavy atom. The molecule has 3 aromatic carbocycles. The zero-order chi connectivity index (χ0) is 26.5. The van der Waals surface area contributed by atoms with E-state index in [2.05, 4.69) is 0 Å². The normalized spacial score (nSPS) is 25.1. The number of hydrogen-bond donors (Lipinski definition) is 2. The van der Waals surface area contributed by atoms with Crippen LogP contribution in [0.1, 0.15) is 35.4 Å². The van der Waals surface area contributed by atoms with E-state index in [4.69, 9.17) is 9.47 Å². The number of hydrogen-bond acceptors (Lipinski definition) is 8. The number of esters is 2. The van der Waals surface area contributed by atoms with Gasteiger partial charge in [-0.3, -0.25) is 10.1 Å². The van der Waals surface area contributed by atoms with Crippen LogP contribution in [0, 0.1) is 10.1 Å². The number of rotatable bonds is 8. The summed E-state index contributed by atoms with van der Waals surface area (Å²) in [6.07, 6.45) is -0.852. The molecule has 0 heterocycles. The van der Waals surface area contributed by atoms with Crippen molar-refractivity contribution in [2.45, 2.75) is 49.2 Å². The fraction of sp³-hybridized carbons (Fsp3) is 0.286. The van der Waals surface area contributed by atoms with Crippen molar-refractivity contribution in [1.29, 1.82) is 0 Å². The van der Waals surface area contributed by atoms with Gasteiger partial charge in [0.25, 0.3) is 6.04 Å². The fourth-order valence-corrected chi connectivity index (χ4v) is 4.84. The highest BCUT2D eigenvalue weighted by Gasteiger charge is 2.71. The van der Waals surface area contributed by atoms with E-state index in [1.807, 2.05) is 0 Å². The molecule has 37 heavy (non-hydrogen) atoms. The van der Waals surface area contributed by atoms with E-state index >= 15 is 0 Å². The average molecular weight is 506 g/mol. The van der Waals surface area contributed by atoms with Crippen molar-refractivity contribution in [3.05, 3.63) is 118 Å². The Balaban J connectivity index is 1.68. The highest BCUT2D eigenvalue weighted by molar-refractivity contribution is 5.86. The number of nitro groups is 1. The van der Waals surface area contributed by atoms with Crippen molar-refractivity contribution in [3.63, 3.8) is 0 Å². The molecule has 0 aromatic heterocycles. The van der Waals surface area contributed by atoms with Gasteiger partial charge in [0.2, 0.25) is 11.2 Å². The molecular weight excluding hydrogens is 478 g/mol. The summed E-state index contributed by atoms with van der Waals surface area (Å²) < 4.78 is 10.6. The van der Waals surface area contributed by atoms with E-state index in [0.717, 1.165) is 0 Å². The summed E-state index contributed by atoms with van der Waals surface area (Å²) in [7, 11) is 0. The van der Waals surface area contributed by atoms with Crippen LogP contribution in [0.15, 0.2) is 91.0 Å². The molecule has 0 radical (unpaired) electrons. The van der Waals surface area contributed by atoms with E-state index in [9.17, 15) is 29.9 Å². The zero-order valence-electron chi connectivity index (χ0n) is 19.9. The van der Waals surface area contributed by atoms with Gasteiger partial charge in [-0.2, -0.15) is 0 Å². The van der Waals surface area contributed by atoms with Crippen LogP contribution in [-0.2, 0) is 32.3 Å². The van der Waals surface area contributed by atoms with Crippen molar-refractivity contribution in [2.24, 2.45) is 0 Å².